The second-order valence-corrected chi connectivity index (χ2v) is 3.06. The van der Waals surface area contributed by atoms with Crippen LogP contribution in [0.2, 0.25) is 0 Å². The smallest absolute Gasteiger partial charge is 0.228 e. The van der Waals surface area contributed by atoms with Crippen molar-refractivity contribution in [3.05, 3.63) is 23.5 Å². The van der Waals surface area contributed by atoms with Gasteiger partial charge >= 0.3 is 0 Å². The highest BCUT2D eigenvalue weighted by molar-refractivity contribution is 5.78. The average Bonchev–Trinajstić information content (AvgIpc) is 2.27. The maximum absolute atomic E-state index is 11.9. The quantitative estimate of drug-likeness (QED) is 0.543. The lowest BCUT2D eigenvalue weighted by Gasteiger charge is -2.30. The summed E-state index contributed by atoms with van der Waals surface area (Å²) in [6.45, 7) is -0.912. The van der Waals surface area contributed by atoms with E-state index in [9.17, 15) is 14.3 Å². The Morgan fingerprint density at radius 1 is 1.73 bits per heavy atom. The van der Waals surface area contributed by atoms with E-state index in [1.54, 1.807) is 0 Å². The third kappa shape index (κ3) is 2.64. The topological polar surface area (TPSA) is 55.8 Å². The van der Waals surface area contributed by atoms with Crippen LogP contribution in [0.1, 0.15) is 6.42 Å². The molecule has 0 bridgehead atoms. The number of methoxy groups -OCH3 is 1. The van der Waals surface area contributed by atoms with Gasteiger partial charge in [-0.1, -0.05) is 6.08 Å². The first-order chi connectivity index (χ1) is 7.16. The number of aliphatic hydroxyl groups is 1. The van der Waals surface area contributed by atoms with Gasteiger partial charge < -0.3 is 14.6 Å². The summed E-state index contributed by atoms with van der Waals surface area (Å²) in [5.74, 6) is -1.55. The largest absolute Gasteiger partial charge is 0.495 e. The first-order valence-corrected chi connectivity index (χ1v) is 4.50. The summed E-state index contributed by atoms with van der Waals surface area (Å²) < 4.78 is 21.8. The molecule has 5 heteroatoms. The van der Waals surface area contributed by atoms with Crippen molar-refractivity contribution in [2.45, 2.75) is 12.2 Å². The van der Waals surface area contributed by atoms with Crippen LogP contribution in [-0.2, 0) is 14.3 Å². The molecule has 1 aliphatic rings. The zero-order valence-corrected chi connectivity index (χ0v) is 8.40. The zero-order valence-electron chi connectivity index (χ0n) is 8.40. The van der Waals surface area contributed by atoms with Crippen LogP contribution in [0.25, 0.3) is 0 Å². The number of carbonyl (C=O) groups is 1. The second-order valence-electron chi connectivity index (χ2n) is 3.06. The Balaban J connectivity index is 2.81. The van der Waals surface area contributed by atoms with Crippen molar-refractivity contribution in [1.29, 1.82) is 0 Å². The number of alkyl halides is 1. The highest BCUT2D eigenvalue weighted by atomic mass is 19.1. The van der Waals surface area contributed by atoms with Gasteiger partial charge in [0.05, 0.1) is 13.7 Å². The average molecular weight is 216 g/mol. The van der Waals surface area contributed by atoms with E-state index in [0.717, 1.165) is 0 Å². The fraction of sp³-hybridized carbons (Fsp3) is 0.500. The molecule has 1 aliphatic carbocycles. The molecule has 0 spiro atoms. The van der Waals surface area contributed by atoms with Gasteiger partial charge in [-0.05, 0) is 6.08 Å². The molecule has 0 saturated heterocycles. The van der Waals surface area contributed by atoms with Crippen LogP contribution < -0.4 is 0 Å². The van der Waals surface area contributed by atoms with Gasteiger partial charge in [0, 0.05) is 12.0 Å². The Kier molecular flexibility index (Phi) is 3.99. The summed E-state index contributed by atoms with van der Waals surface area (Å²) in [5.41, 5.74) is 0.403. The van der Waals surface area contributed by atoms with Gasteiger partial charge in [-0.3, -0.25) is 4.79 Å². The van der Waals surface area contributed by atoms with Gasteiger partial charge in [-0.15, -0.1) is 0 Å². The molecule has 84 valence electrons. The maximum Gasteiger partial charge on any atom is 0.228 e. The fourth-order valence-corrected chi connectivity index (χ4v) is 1.32. The zero-order chi connectivity index (χ0) is 11.3. The number of halogens is 1. The summed E-state index contributed by atoms with van der Waals surface area (Å²) in [6.07, 6.45) is 3.59. The third-order valence-corrected chi connectivity index (χ3v) is 2.07. The van der Waals surface area contributed by atoms with Crippen molar-refractivity contribution in [2.75, 3.05) is 20.4 Å². The molecule has 1 unspecified atom stereocenters. The molecule has 0 radical (unpaired) electrons. The van der Waals surface area contributed by atoms with Crippen LogP contribution >= 0.6 is 0 Å². The van der Waals surface area contributed by atoms with Crippen LogP contribution in [0.4, 0.5) is 4.39 Å². The normalized spacial score (nSPS) is 25.5. The molecule has 0 aliphatic heterocycles. The molecule has 0 aromatic heterocycles. The molecular weight excluding hydrogens is 203 g/mol. The summed E-state index contributed by atoms with van der Waals surface area (Å²) >= 11 is 0. The number of aldehydes is 1. The highest BCUT2D eigenvalue weighted by Gasteiger charge is 2.35. The number of hydrogen-bond acceptors (Lipinski definition) is 4. The number of ether oxygens (including phenoxy) is 2. The van der Waals surface area contributed by atoms with Crippen LogP contribution in [0.3, 0.4) is 0 Å². The Morgan fingerprint density at radius 3 is 3.00 bits per heavy atom. The highest BCUT2D eigenvalue weighted by Crippen LogP contribution is 2.29. The van der Waals surface area contributed by atoms with Gasteiger partial charge in [-0.25, -0.2) is 4.39 Å². The minimum absolute atomic E-state index is 0.0702. The summed E-state index contributed by atoms with van der Waals surface area (Å²) in [7, 11) is 1.35. The predicted octanol–water partition coefficient (Wildman–Crippen LogP) is 0.720. The molecule has 0 aromatic carbocycles. The molecular formula is C10H13FO4. The molecule has 1 rings (SSSR count). The van der Waals surface area contributed by atoms with E-state index in [-0.39, 0.29) is 18.8 Å². The van der Waals surface area contributed by atoms with Crippen molar-refractivity contribution in [3.8, 4) is 0 Å². The van der Waals surface area contributed by atoms with E-state index in [4.69, 9.17) is 9.47 Å². The van der Waals surface area contributed by atoms with Crippen molar-refractivity contribution in [1.82, 2.24) is 0 Å². The lowest BCUT2D eigenvalue weighted by atomic mass is 10.0. The number of hydrogen-bond donors (Lipinski definition) is 1. The molecule has 0 aromatic rings. The minimum Gasteiger partial charge on any atom is -0.495 e. The minimum atomic E-state index is -1.66. The third-order valence-electron chi connectivity index (χ3n) is 2.07. The Hall–Kier alpha value is -1.20. The van der Waals surface area contributed by atoms with Crippen molar-refractivity contribution in [2.24, 2.45) is 0 Å². The standard InChI is InChI=1S/C10H13FO4/c1-14-9-6-8(7-12)2-3-10(9,13)15-5-4-11/h2,6-7,13H,3-5H2,1H3. The molecule has 1 atom stereocenters. The first-order valence-electron chi connectivity index (χ1n) is 4.50. The SMILES string of the molecule is COC1=CC(C=O)=CCC1(O)OCCF. The van der Waals surface area contributed by atoms with Crippen molar-refractivity contribution >= 4 is 6.29 Å². The first kappa shape index (κ1) is 11.9. The molecule has 4 nitrogen and oxygen atoms in total. The van der Waals surface area contributed by atoms with Gasteiger partial charge in [0.1, 0.15) is 13.0 Å². The van der Waals surface area contributed by atoms with Gasteiger partial charge in [0.25, 0.3) is 0 Å². The second kappa shape index (κ2) is 5.04. The van der Waals surface area contributed by atoms with Crippen LogP contribution in [0, 0.1) is 0 Å². The molecule has 0 amide bonds. The van der Waals surface area contributed by atoms with Crippen LogP contribution in [0.15, 0.2) is 23.5 Å². The van der Waals surface area contributed by atoms with Crippen LogP contribution in [0.5, 0.6) is 0 Å². The lowest BCUT2D eigenvalue weighted by Crippen LogP contribution is -2.37. The lowest BCUT2D eigenvalue weighted by molar-refractivity contribution is -0.197. The van der Waals surface area contributed by atoms with Crippen molar-refractivity contribution < 1.29 is 23.8 Å². The molecule has 0 saturated carbocycles. The summed E-state index contributed by atoms with van der Waals surface area (Å²) in [4.78, 5) is 10.5. The number of allylic oxidation sites excluding steroid dienone is 2. The van der Waals surface area contributed by atoms with Gasteiger partial charge in [0.2, 0.25) is 5.79 Å². The van der Waals surface area contributed by atoms with Crippen LogP contribution in [-0.4, -0.2) is 37.6 Å². The molecule has 0 heterocycles. The maximum atomic E-state index is 11.9. The number of carbonyl (C=O) groups excluding carboxylic acids is 1. The summed E-state index contributed by atoms with van der Waals surface area (Å²) in [5, 5.41) is 9.93. The Labute approximate surface area is 87.0 Å². The van der Waals surface area contributed by atoms with Gasteiger partial charge in [-0.2, -0.15) is 0 Å². The number of rotatable bonds is 5. The van der Waals surface area contributed by atoms with E-state index in [1.165, 1.54) is 19.3 Å². The van der Waals surface area contributed by atoms with E-state index in [1.807, 2.05) is 0 Å². The monoisotopic (exact) mass is 216 g/mol. The van der Waals surface area contributed by atoms with E-state index >= 15 is 0 Å². The summed E-state index contributed by atoms with van der Waals surface area (Å²) in [6, 6.07) is 0. The Bertz CT molecular complexity index is 298. The van der Waals surface area contributed by atoms with Crippen molar-refractivity contribution in [3.63, 3.8) is 0 Å². The van der Waals surface area contributed by atoms with E-state index < -0.39 is 12.5 Å². The van der Waals surface area contributed by atoms with E-state index in [2.05, 4.69) is 0 Å². The molecule has 0 fully saturated rings. The Morgan fingerprint density at radius 2 is 2.47 bits per heavy atom. The predicted molar refractivity (Wildman–Crippen MR) is 50.7 cm³/mol. The molecule has 1 N–H and O–H groups in total. The fourth-order valence-electron chi connectivity index (χ4n) is 1.32. The van der Waals surface area contributed by atoms with E-state index in [0.29, 0.717) is 11.9 Å². The molecule has 15 heavy (non-hydrogen) atoms. The van der Waals surface area contributed by atoms with Gasteiger partial charge in [0.15, 0.2) is 5.76 Å².